The zero-order valence-corrected chi connectivity index (χ0v) is 11.5. The van der Waals surface area contributed by atoms with Gasteiger partial charge in [-0.1, -0.05) is 13.8 Å². The minimum absolute atomic E-state index is 0.415. The highest BCUT2D eigenvalue weighted by molar-refractivity contribution is 4.81. The third-order valence-electron chi connectivity index (χ3n) is 3.30. The van der Waals surface area contributed by atoms with Crippen LogP contribution in [0.25, 0.3) is 0 Å². The molecule has 0 radical (unpaired) electrons. The van der Waals surface area contributed by atoms with Crippen LogP contribution in [0, 0.1) is 5.92 Å². The second kappa shape index (κ2) is 6.58. The highest BCUT2D eigenvalue weighted by Crippen LogP contribution is 2.15. The van der Waals surface area contributed by atoms with Gasteiger partial charge in [0.2, 0.25) is 0 Å². The Bertz CT molecular complexity index is 194. The van der Waals surface area contributed by atoms with Gasteiger partial charge in [0.05, 0.1) is 6.10 Å². The van der Waals surface area contributed by atoms with E-state index in [1.54, 1.807) is 0 Å². The van der Waals surface area contributed by atoms with Gasteiger partial charge in [-0.05, 0) is 39.8 Å². The zero-order chi connectivity index (χ0) is 12.1. The first-order valence-corrected chi connectivity index (χ1v) is 6.51. The lowest BCUT2D eigenvalue weighted by Gasteiger charge is -2.34. The van der Waals surface area contributed by atoms with Gasteiger partial charge in [0, 0.05) is 25.2 Å². The molecule has 3 unspecified atom stereocenters. The van der Waals surface area contributed by atoms with E-state index >= 15 is 0 Å². The van der Waals surface area contributed by atoms with E-state index in [4.69, 9.17) is 4.74 Å². The summed E-state index contributed by atoms with van der Waals surface area (Å²) in [6.07, 6.45) is 2.72. The normalized spacial score (nSPS) is 28.7. The molecule has 3 atom stereocenters. The average Bonchev–Trinajstić information content (AvgIpc) is 2.15. The largest absolute Gasteiger partial charge is 0.378 e. The summed E-state index contributed by atoms with van der Waals surface area (Å²) in [4.78, 5) is 2.26. The summed E-state index contributed by atoms with van der Waals surface area (Å²) in [7, 11) is 4.29. The molecule has 0 aromatic carbocycles. The van der Waals surface area contributed by atoms with Crippen molar-refractivity contribution in [3.63, 3.8) is 0 Å². The Hall–Kier alpha value is -0.120. The lowest BCUT2D eigenvalue weighted by Crippen LogP contribution is -2.49. The van der Waals surface area contributed by atoms with Gasteiger partial charge in [-0.3, -0.25) is 0 Å². The zero-order valence-electron chi connectivity index (χ0n) is 11.5. The fourth-order valence-corrected chi connectivity index (χ4v) is 2.30. The van der Waals surface area contributed by atoms with Crippen molar-refractivity contribution in [3.8, 4) is 0 Å². The van der Waals surface area contributed by atoms with Gasteiger partial charge in [0.25, 0.3) is 0 Å². The maximum absolute atomic E-state index is 5.58. The minimum atomic E-state index is 0.415. The molecule has 0 aliphatic carbocycles. The van der Waals surface area contributed by atoms with Crippen LogP contribution in [0.3, 0.4) is 0 Å². The number of likely N-dealkylation sites (N-methyl/N-ethyl adjacent to an activating group) is 1. The van der Waals surface area contributed by atoms with Crippen molar-refractivity contribution in [2.75, 3.05) is 27.2 Å². The number of rotatable bonds is 5. The number of nitrogens with zero attached hydrogens (tertiary/aromatic N) is 1. The molecule has 1 aliphatic heterocycles. The molecule has 0 aromatic heterocycles. The van der Waals surface area contributed by atoms with Crippen LogP contribution in [0.4, 0.5) is 0 Å². The molecule has 1 N–H and O–H groups in total. The van der Waals surface area contributed by atoms with Crippen LogP contribution in [0.15, 0.2) is 0 Å². The van der Waals surface area contributed by atoms with E-state index in [-0.39, 0.29) is 0 Å². The molecule has 96 valence electrons. The van der Waals surface area contributed by atoms with Gasteiger partial charge in [-0.25, -0.2) is 0 Å². The number of ether oxygens (including phenoxy) is 1. The molecule has 0 saturated carbocycles. The Balaban J connectivity index is 2.41. The summed E-state index contributed by atoms with van der Waals surface area (Å²) in [6.45, 7) is 8.78. The van der Waals surface area contributed by atoms with Crippen LogP contribution in [-0.2, 0) is 4.74 Å². The summed E-state index contributed by atoms with van der Waals surface area (Å²) >= 11 is 0. The van der Waals surface area contributed by atoms with Crippen molar-refractivity contribution < 1.29 is 4.74 Å². The Morgan fingerprint density at radius 2 is 2.06 bits per heavy atom. The highest BCUT2D eigenvalue weighted by Gasteiger charge is 2.23. The van der Waals surface area contributed by atoms with Crippen molar-refractivity contribution in [3.05, 3.63) is 0 Å². The first kappa shape index (κ1) is 13.9. The van der Waals surface area contributed by atoms with Gasteiger partial charge in [0.1, 0.15) is 0 Å². The van der Waals surface area contributed by atoms with E-state index in [0.717, 1.165) is 26.0 Å². The predicted octanol–water partition coefficient (Wildman–Crippen LogP) is 1.73. The van der Waals surface area contributed by atoms with Gasteiger partial charge in [-0.15, -0.1) is 0 Å². The van der Waals surface area contributed by atoms with Gasteiger partial charge in [0.15, 0.2) is 0 Å². The Morgan fingerprint density at radius 3 is 2.56 bits per heavy atom. The van der Waals surface area contributed by atoms with Crippen molar-refractivity contribution >= 4 is 0 Å². The maximum atomic E-state index is 5.58. The lowest BCUT2D eigenvalue weighted by atomic mass is 9.98. The third-order valence-corrected chi connectivity index (χ3v) is 3.30. The summed E-state index contributed by atoms with van der Waals surface area (Å²) in [5.41, 5.74) is 0. The van der Waals surface area contributed by atoms with Crippen LogP contribution in [0.5, 0.6) is 0 Å². The second-order valence-corrected chi connectivity index (χ2v) is 5.68. The van der Waals surface area contributed by atoms with Crippen molar-refractivity contribution in [1.29, 1.82) is 0 Å². The fourth-order valence-electron chi connectivity index (χ4n) is 2.30. The first-order valence-electron chi connectivity index (χ1n) is 6.51. The molecule has 1 saturated heterocycles. The lowest BCUT2D eigenvalue weighted by molar-refractivity contribution is 0.00939. The second-order valence-electron chi connectivity index (χ2n) is 5.68. The van der Waals surface area contributed by atoms with Crippen LogP contribution < -0.4 is 5.32 Å². The van der Waals surface area contributed by atoms with Crippen LogP contribution in [-0.4, -0.2) is 50.3 Å². The summed E-state index contributed by atoms with van der Waals surface area (Å²) in [5, 5.41) is 3.80. The van der Waals surface area contributed by atoms with Crippen LogP contribution in [0.2, 0.25) is 0 Å². The fraction of sp³-hybridized carbons (Fsp3) is 1.00. The molecular formula is C13H28N2O. The molecule has 3 nitrogen and oxygen atoms in total. The molecular weight excluding hydrogens is 200 g/mol. The molecule has 0 amide bonds. The number of nitrogens with one attached hydrogen (secondary N) is 1. The Morgan fingerprint density at radius 1 is 1.38 bits per heavy atom. The minimum Gasteiger partial charge on any atom is -0.378 e. The molecule has 0 spiro atoms. The first-order chi connectivity index (χ1) is 7.49. The third kappa shape index (κ3) is 4.81. The molecule has 0 aromatic rings. The molecule has 1 aliphatic rings. The Kier molecular flexibility index (Phi) is 5.73. The quantitative estimate of drug-likeness (QED) is 0.775. The predicted molar refractivity (Wildman–Crippen MR) is 68.8 cm³/mol. The van der Waals surface area contributed by atoms with Gasteiger partial charge in [-0.2, -0.15) is 0 Å². The van der Waals surface area contributed by atoms with Crippen LogP contribution in [0.1, 0.15) is 33.6 Å². The molecule has 1 heterocycles. The van der Waals surface area contributed by atoms with Crippen molar-refractivity contribution in [2.45, 2.75) is 51.8 Å². The Labute approximate surface area is 101 Å². The molecule has 3 heteroatoms. The smallest absolute Gasteiger partial charge is 0.0561 e. The monoisotopic (exact) mass is 228 g/mol. The van der Waals surface area contributed by atoms with Gasteiger partial charge < -0.3 is 15.0 Å². The summed E-state index contributed by atoms with van der Waals surface area (Å²) in [5.74, 6) is 0.681. The molecule has 1 rings (SSSR count). The van der Waals surface area contributed by atoms with Gasteiger partial charge >= 0.3 is 0 Å². The van der Waals surface area contributed by atoms with Crippen molar-refractivity contribution in [1.82, 2.24) is 10.2 Å². The molecule has 0 bridgehead atoms. The van der Waals surface area contributed by atoms with E-state index in [1.165, 1.54) is 0 Å². The van der Waals surface area contributed by atoms with Crippen LogP contribution >= 0.6 is 0 Å². The van der Waals surface area contributed by atoms with E-state index < -0.39 is 0 Å². The molecule has 16 heavy (non-hydrogen) atoms. The standard InChI is InChI=1S/C13H28N2O/c1-10(2)13(9-15(4)5)14-12-6-7-16-11(3)8-12/h10-14H,6-9H2,1-5H3. The van der Waals surface area contributed by atoms with E-state index in [2.05, 4.69) is 45.1 Å². The number of hydrogen-bond acceptors (Lipinski definition) is 3. The average molecular weight is 228 g/mol. The van der Waals surface area contributed by atoms with E-state index in [9.17, 15) is 0 Å². The SMILES string of the molecule is CC1CC(NC(CN(C)C)C(C)C)CCO1. The van der Waals surface area contributed by atoms with E-state index in [0.29, 0.717) is 24.1 Å². The van der Waals surface area contributed by atoms with Crippen molar-refractivity contribution in [2.24, 2.45) is 5.92 Å². The number of hydrogen-bond donors (Lipinski definition) is 1. The molecule has 1 fully saturated rings. The summed E-state index contributed by atoms with van der Waals surface area (Å²) in [6, 6.07) is 1.22. The highest BCUT2D eigenvalue weighted by atomic mass is 16.5. The maximum Gasteiger partial charge on any atom is 0.0561 e. The van der Waals surface area contributed by atoms with E-state index in [1.807, 2.05) is 0 Å². The topological polar surface area (TPSA) is 24.5 Å². The summed E-state index contributed by atoms with van der Waals surface area (Å²) < 4.78 is 5.58.